The van der Waals surface area contributed by atoms with Crippen LogP contribution in [0, 0.1) is 5.82 Å². The third-order valence-corrected chi connectivity index (χ3v) is 3.44. The zero-order valence-electron chi connectivity index (χ0n) is 9.64. The Hall–Kier alpha value is -2.01. The maximum Gasteiger partial charge on any atom is 0.139 e. The van der Waals surface area contributed by atoms with Crippen LogP contribution in [-0.4, -0.2) is 15.1 Å². The highest BCUT2D eigenvalue weighted by atomic mass is 79.9. The molecule has 2 aromatic carbocycles. The SMILES string of the molecule is Oc1ccccc1-c1ncnc2cc(F)c(Br)cc12. The number of rotatable bonds is 1. The van der Waals surface area contributed by atoms with Gasteiger partial charge >= 0.3 is 0 Å². The Morgan fingerprint density at radius 3 is 2.68 bits per heavy atom. The number of para-hydroxylation sites is 1. The highest BCUT2D eigenvalue weighted by Gasteiger charge is 2.12. The van der Waals surface area contributed by atoms with Gasteiger partial charge in [-0.25, -0.2) is 14.4 Å². The van der Waals surface area contributed by atoms with Gasteiger partial charge in [0.1, 0.15) is 17.9 Å². The molecule has 1 N–H and O–H groups in total. The zero-order valence-corrected chi connectivity index (χ0v) is 11.2. The van der Waals surface area contributed by atoms with Gasteiger partial charge in [0.2, 0.25) is 0 Å². The molecule has 3 aromatic rings. The van der Waals surface area contributed by atoms with Gasteiger partial charge in [0.05, 0.1) is 15.7 Å². The molecule has 19 heavy (non-hydrogen) atoms. The molecule has 0 radical (unpaired) electrons. The number of nitrogens with zero attached hydrogens (tertiary/aromatic N) is 2. The molecule has 0 bridgehead atoms. The summed E-state index contributed by atoms with van der Waals surface area (Å²) in [6, 6.07) is 9.84. The topological polar surface area (TPSA) is 46.0 Å². The average molecular weight is 319 g/mol. The van der Waals surface area contributed by atoms with Crippen molar-refractivity contribution < 1.29 is 9.50 Å². The monoisotopic (exact) mass is 318 g/mol. The van der Waals surface area contributed by atoms with E-state index in [9.17, 15) is 9.50 Å². The maximum atomic E-state index is 13.5. The third-order valence-electron chi connectivity index (χ3n) is 2.84. The summed E-state index contributed by atoms with van der Waals surface area (Å²) in [5.41, 5.74) is 1.66. The van der Waals surface area contributed by atoms with Crippen molar-refractivity contribution in [3.63, 3.8) is 0 Å². The Morgan fingerprint density at radius 1 is 1.11 bits per heavy atom. The lowest BCUT2D eigenvalue weighted by molar-refractivity contribution is 0.477. The van der Waals surface area contributed by atoms with Gasteiger partial charge in [-0.2, -0.15) is 0 Å². The number of hydrogen-bond donors (Lipinski definition) is 1. The summed E-state index contributed by atoms with van der Waals surface area (Å²) < 4.78 is 13.8. The quantitative estimate of drug-likeness (QED) is 0.740. The molecular weight excluding hydrogens is 311 g/mol. The van der Waals surface area contributed by atoms with Gasteiger partial charge in [-0.3, -0.25) is 0 Å². The molecule has 0 amide bonds. The van der Waals surface area contributed by atoms with Crippen LogP contribution in [0.3, 0.4) is 0 Å². The lowest BCUT2D eigenvalue weighted by Crippen LogP contribution is -1.91. The Morgan fingerprint density at radius 2 is 1.89 bits per heavy atom. The first-order chi connectivity index (χ1) is 9.16. The number of aromatic nitrogens is 2. The Labute approximate surface area is 116 Å². The summed E-state index contributed by atoms with van der Waals surface area (Å²) in [7, 11) is 0. The van der Waals surface area contributed by atoms with Crippen LogP contribution in [0.4, 0.5) is 4.39 Å². The van der Waals surface area contributed by atoms with Gasteiger partial charge in [-0.15, -0.1) is 0 Å². The van der Waals surface area contributed by atoms with Crippen molar-refractivity contribution in [1.29, 1.82) is 0 Å². The van der Waals surface area contributed by atoms with E-state index in [4.69, 9.17) is 0 Å². The van der Waals surface area contributed by atoms with Gasteiger partial charge < -0.3 is 5.11 Å². The number of aromatic hydroxyl groups is 1. The number of benzene rings is 2. The predicted octanol–water partition coefficient (Wildman–Crippen LogP) is 3.90. The Balaban J connectivity index is 2.36. The second kappa shape index (κ2) is 4.59. The number of fused-ring (bicyclic) bond motifs is 1. The molecule has 0 aliphatic heterocycles. The normalized spacial score (nSPS) is 10.8. The van der Waals surface area contributed by atoms with E-state index in [-0.39, 0.29) is 11.6 Å². The summed E-state index contributed by atoms with van der Waals surface area (Å²) in [6.07, 6.45) is 1.36. The summed E-state index contributed by atoms with van der Waals surface area (Å²) in [6.45, 7) is 0. The first kappa shape index (κ1) is 12.0. The zero-order chi connectivity index (χ0) is 13.4. The van der Waals surface area contributed by atoms with Crippen LogP contribution in [0.1, 0.15) is 0 Å². The van der Waals surface area contributed by atoms with Crippen molar-refractivity contribution in [2.75, 3.05) is 0 Å². The highest BCUT2D eigenvalue weighted by molar-refractivity contribution is 9.10. The minimum Gasteiger partial charge on any atom is -0.507 e. The van der Waals surface area contributed by atoms with Gasteiger partial charge in [0.25, 0.3) is 0 Å². The minimum atomic E-state index is -0.380. The largest absolute Gasteiger partial charge is 0.507 e. The van der Waals surface area contributed by atoms with E-state index in [0.717, 1.165) is 0 Å². The molecule has 3 rings (SSSR count). The minimum absolute atomic E-state index is 0.128. The first-order valence-electron chi connectivity index (χ1n) is 5.55. The van der Waals surface area contributed by atoms with Crippen LogP contribution in [0.5, 0.6) is 5.75 Å². The summed E-state index contributed by atoms with van der Waals surface area (Å²) in [5.74, 6) is -0.252. The van der Waals surface area contributed by atoms with E-state index in [1.807, 2.05) is 6.07 Å². The standard InChI is InChI=1S/C14H8BrFN2O/c15-10-5-9-12(6-11(10)16)17-7-18-14(9)8-3-1-2-4-13(8)19/h1-7,19H. The van der Waals surface area contributed by atoms with Crippen molar-refractivity contribution >= 4 is 26.8 Å². The molecular formula is C14H8BrFN2O. The summed E-state index contributed by atoms with van der Waals surface area (Å²) >= 11 is 3.15. The molecule has 0 aliphatic rings. The Kier molecular flexibility index (Phi) is 2.91. The fraction of sp³-hybridized carbons (Fsp3) is 0. The van der Waals surface area contributed by atoms with E-state index >= 15 is 0 Å². The second-order valence-corrected chi connectivity index (χ2v) is 4.88. The first-order valence-corrected chi connectivity index (χ1v) is 6.34. The lowest BCUT2D eigenvalue weighted by atomic mass is 10.1. The lowest BCUT2D eigenvalue weighted by Gasteiger charge is -2.07. The Bertz CT molecular complexity index is 776. The fourth-order valence-corrected chi connectivity index (χ4v) is 2.28. The fourth-order valence-electron chi connectivity index (χ4n) is 1.94. The molecule has 0 unspecified atom stereocenters. The smallest absolute Gasteiger partial charge is 0.139 e. The molecule has 1 aromatic heterocycles. The van der Waals surface area contributed by atoms with Crippen molar-refractivity contribution in [2.45, 2.75) is 0 Å². The van der Waals surface area contributed by atoms with Crippen LogP contribution < -0.4 is 0 Å². The molecule has 0 aliphatic carbocycles. The second-order valence-electron chi connectivity index (χ2n) is 4.02. The van der Waals surface area contributed by atoms with Gasteiger partial charge in [0, 0.05) is 17.0 Å². The van der Waals surface area contributed by atoms with E-state index in [1.165, 1.54) is 12.4 Å². The predicted molar refractivity (Wildman–Crippen MR) is 74.3 cm³/mol. The van der Waals surface area contributed by atoms with E-state index in [2.05, 4.69) is 25.9 Å². The van der Waals surface area contributed by atoms with Crippen LogP contribution in [0.2, 0.25) is 0 Å². The van der Waals surface area contributed by atoms with Gasteiger partial charge in [0.15, 0.2) is 0 Å². The molecule has 0 atom stereocenters. The average Bonchev–Trinajstić information content (AvgIpc) is 2.40. The van der Waals surface area contributed by atoms with Crippen LogP contribution >= 0.6 is 15.9 Å². The van der Waals surface area contributed by atoms with E-state index < -0.39 is 0 Å². The van der Waals surface area contributed by atoms with Crippen molar-refractivity contribution in [1.82, 2.24) is 9.97 Å². The number of phenols is 1. The molecule has 0 fully saturated rings. The molecule has 1 heterocycles. The van der Waals surface area contributed by atoms with Gasteiger partial charge in [-0.1, -0.05) is 12.1 Å². The number of phenolic OH excluding ortho intramolecular Hbond substituents is 1. The van der Waals surface area contributed by atoms with Crippen LogP contribution in [-0.2, 0) is 0 Å². The number of halogens is 2. The molecule has 0 spiro atoms. The van der Waals surface area contributed by atoms with Crippen LogP contribution in [0.15, 0.2) is 47.2 Å². The third kappa shape index (κ3) is 2.06. The molecule has 0 saturated carbocycles. The number of hydrogen-bond acceptors (Lipinski definition) is 3. The molecule has 0 saturated heterocycles. The highest BCUT2D eigenvalue weighted by Crippen LogP contribution is 2.33. The van der Waals surface area contributed by atoms with E-state index in [0.29, 0.717) is 26.6 Å². The van der Waals surface area contributed by atoms with Crippen molar-refractivity contribution in [2.24, 2.45) is 0 Å². The molecule has 5 heteroatoms. The summed E-state index contributed by atoms with van der Waals surface area (Å²) in [5, 5.41) is 10.6. The van der Waals surface area contributed by atoms with Crippen molar-refractivity contribution in [3.05, 3.63) is 53.0 Å². The summed E-state index contributed by atoms with van der Waals surface area (Å²) in [4.78, 5) is 8.24. The maximum absolute atomic E-state index is 13.5. The van der Waals surface area contributed by atoms with E-state index in [1.54, 1.807) is 24.3 Å². The van der Waals surface area contributed by atoms with Crippen molar-refractivity contribution in [3.8, 4) is 17.0 Å². The van der Waals surface area contributed by atoms with Crippen LogP contribution in [0.25, 0.3) is 22.2 Å². The molecule has 94 valence electrons. The van der Waals surface area contributed by atoms with Gasteiger partial charge in [-0.05, 0) is 34.1 Å². The molecule has 3 nitrogen and oxygen atoms in total.